The van der Waals surface area contributed by atoms with Crippen molar-refractivity contribution in [1.82, 2.24) is 0 Å². The van der Waals surface area contributed by atoms with Gasteiger partial charge < -0.3 is 9.47 Å². The van der Waals surface area contributed by atoms with Gasteiger partial charge in [-0.1, -0.05) is 6.58 Å². The lowest BCUT2D eigenvalue weighted by Gasteiger charge is -2.07. The van der Waals surface area contributed by atoms with Crippen molar-refractivity contribution in [2.45, 2.75) is 13.3 Å². The van der Waals surface area contributed by atoms with Gasteiger partial charge in [0.2, 0.25) is 0 Å². The number of carbonyl (C=O) groups is 1. The van der Waals surface area contributed by atoms with Crippen LogP contribution in [0.3, 0.4) is 0 Å². The molecule has 0 bridgehead atoms. The molecule has 1 unspecified atom stereocenters. The Morgan fingerprint density at radius 2 is 2.46 bits per heavy atom. The summed E-state index contributed by atoms with van der Waals surface area (Å²) in [6.07, 6.45) is 1.61. The fourth-order valence-electron chi connectivity index (χ4n) is 0.747. The van der Waals surface area contributed by atoms with E-state index in [1.807, 2.05) is 6.07 Å². The van der Waals surface area contributed by atoms with E-state index in [-0.39, 0.29) is 0 Å². The molecule has 0 aliphatic rings. The van der Waals surface area contributed by atoms with Crippen molar-refractivity contribution in [3.63, 3.8) is 0 Å². The first-order chi connectivity index (χ1) is 6.26. The van der Waals surface area contributed by atoms with Gasteiger partial charge >= 0.3 is 5.97 Å². The minimum atomic E-state index is -0.736. The highest BCUT2D eigenvalue weighted by atomic mass is 16.5. The van der Waals surface area contributed by atoms with E-state index < -0.39 is 11.9 Å². The molecule has 0 aromatic rings. The standard InChI is InChI=1S/C9H13NO3/c1-3-12-6-5-8(7-10)9(11)13-4-2/h3,8H,1,4-6H2,2H3. The molecule has 0 saturated heterocycles. The second-order valence-electron chi connectivity index (χ2n) is 2.26. The summed E-state index contributed by atoms with van der Waals surface area (Å²) in [7, 11) is 0. The number of rotatable bonds is 6. The van der Waals surface area contributed by atoms with Crippen molar-refractivity contribution in [2.75, 3.05) is 13.2 Å². The molecule has 0 rings (SSSR count). The van der Waals surface area contributed by atoms with E-state index in [2.05, 4.69) is 11.3 Å². The van der Waals surface area contributed by atoms with Crippen molar-refractivity contribution in [3.8, 4) is 6.07 Å². The van der Waals surface area contributed by atoms with Crippen LogP contribution in [0, 0.1) is 17.2 Å². The zero-order valence-electron chi connectivity index (χ0n) is 7.66. The molecule has 0 aliphatic carbocycles. The molecule has 0 aromatic carbocycles. The number of carbonyl (C=O) groups excluding carboxylic acids is 1. The Balaban J connectivity index is 3.82. The fraction of sp³-hybridized carbons (Fsp3) is 0.556. The number of hydrogen-bond acceptors (Lipinski definition) is 4. The first-order valence-corrected chi connectivity index (χ1v) is 4.05. The first kappa shape index (κ1) is 11.5. The Hall–Kier alpha value is -1.50. The Morgan fingerprint density at radius 3 is 2.92 bits per heavy atom. The molecule has 72 valence electrons. The van der Waals surface area contributed by atoms with Gasteiger partial charge in [-0.2, -0.15) is 5.26 Å². The lowest BCUT2D eigenvalue weighted by molar-refractivity contribution is -0.146. The summed E-state index contributed by atoms with van der Waals surface area (Å²) >= 11 is 0. The number of nitriles is 1. The Morgan fingerprint density at radius 1 is 1.77 bits per heavy atom. The quantitative estimate of drug-likeness (QED) is 0.353. The van der Waals surface area contributed by atoms with Crippen molar-refractivity contribution in [3.05, 3.63) is 12.8 Å². The average Bonchev–Trinajstić information content (AvgIpc) is 2.13. The largest absolute Gasteiger partial charge is 0.502 e. The first-order valence-electron chi connectivity index (χ1n) is 4.05. The van der Waals surface area contributed by atoms with Gasteiger partial charge in [-0.3, -0.25) is 4.79 Å². The zero-order valence-corrected chi connectivity index (χ0v) is 7.66. The van der Waals surface area contributed by atoms with E-state index in [1.54, 1.807) is 6.92 Å². The summed E-state index contributed by atoms with van der Waals surface area (Å²) in [6, 6.07) is 1.86. The van der Waals surface area contributed by atoms with Gasteiger partial charge in [0, 0.05) is 6.42 Å². The van der Waals surface area contributed by atoms with Gasteiger partial charge in [-0.25, -0.2) is 0 Å². The van der Waals surface area contributed by atoms with Gasteiger partial charge in [0.15, 0.2) is 0 Å². The number of esters is 1. The summed E-state index contributed by atoms with van der Waals surface area (Å²) in [5.74, 6) is -1.22. The van der Waals surface area contributed by atoms with Crippen LogP contribution in [0.25, 0.3) is 0 Å². The van der Waals surface area contributed by atoms with Gasteiger partial charge in [0.25, 0.3) is 0 Å². The lowest BCUT2D eigenvalue weighted by Crippen LogP contribution is -2.17. The highest BCUT2D eigenvalue weighted by molar-refractivity contribution is 5.75. The van der Waals surface area contributed by atoms with E-state index in [4.69, 9.17) is 10.00 Å². The molecule has 0 aliphatic heterocycles. The number of nitrogens with zero attached hydrogens (tertiary/aromatic N) is 1. The molecule has 0 fully saturated rings. The summed E-state index contributed by atoms with van der Waals surface area (Å²) in [5.41, 5.74) is 0. The third-order valence-electron chi connectivity index (χ3n) is 1.37. The van der Waals surface area contributed by atoms with Crippen molar-refractivity contribution in [1.29, 1.82) is 5.26 Å². The average molecular weight is 183 g/mol. The molecule has 0 amide bonds. The molecule has 13 heavy (non-hydrogen) atoms. The zero-order chi connectivity index (χ0) is 10.1. The molecular weight excluding hydrogens is 170 g/mol. The molecule has 4 heteroatoms. The minimum Gasteiger partial charge on any atom is -0.502 e. The van der Waals surface area contributed by atoms with E-state index in [1.165, 1.54) is 6.26 Å². The molecule has 0 saturated carbocycles. The molecule has 0 heterocycles. The van der Waals surface area contributed by atoms with Crippen molar-refractivity contribution >= 4 is 5.97 Å². The monoisotopic (exact) mass is 183 g/mol. The SMILES string of the molecule is C=COCCC(C#N)C(=O)OCC. The third kappa shape index (κ3) is 4.86. The molecule has 0 N–H and O–H groups in total. The summed E-state index contributed by atoms with van der Waals surface area (Å²) in [5, 5.41) is 8.59. The molecular formula is C9H13NO3. The molecule has 0 aromatic heterocycles. The fourth-order valence-corrected chi connectivity index (χ4v) is 0.747. The van der Waals surface area contributed by atoms with Crippen molar-refractivity contribution in [2.24, 2.45) is 5.92 Å². The van der Waals surface area contributed by atoms with Crippen LogP contribution in [-0.2, 0) is 14.3 Å². The van der Waals surface area contributed by atoms with Crippen LogP contribution in [0.4, 0.5) is 0 Å². The van der Waals surface area contributed by atoms with Crippen LogP contribution >= 0.6 is 0 Å². The maximum Gasteiger partial charge on any atom is 0.323 e. The predicted octanol–water partition coefficient (Wildman–Crippen LogP) is 1.24. The van der Waals surface area contributed by atoms with Crippen LogP contribution in [0.15, 0.2) is 12.8 Å². The minimum absolute atomic E-state index is 0.291. The maximum absolute atomic E-state index is 11.0. The van der Waals surface area contributed by atoms with Gasteiger partial charge in [0.1, 0.15) is 5.92 Å². The summed E-state index contributed by atoms with van der Waals surface area (Å²) < 4.78 is 9.48. The number of ether oxygens (including phenoxy) is 2. The third-order valence-corrected chi connectivity index (χ3v) is 1.37. The molecule has 0 spiro atoms. The van der Waals surface area contributed by atoms with Crippen LogP contribution in [0.5, 0.6) is 0 Å². The highest BCUT2D eigenvalue weighted by Gasteiger charge is 2.18. The highest BCUT2D eigenvalue weighted by Crippen LogP contribution is 2.04. The van der Waals surface area contributed by atoms with E-state index in [0.717, 1.165) is 0 Å². The lowest BCUT2D eigenvalue weighted by atomic mass is 10.1. The second-order valence-corrected chi connectivity index (χ2v) is 2.26. The molecule has 4 nitrogen and oxygen atoms in total. The molecule has 1 atom stereocenters. The Bertz CT molecular complexity index is 207. The van der Waals surface area contributed by atoms with Crippen molar-refractivity contribution < 1.29 is 14.3 Å². The summed E-state index contributed by atoms with van der Waals surface area (Å²) in [4.78, 5) is 11.0. The van der Waals surface area contributed by atoms with E-state index >= 15 is 0 Å². The van der Waals surface area contributed by atoms with E-state index in [9.17, 15) is 4.79 Å². The number of hydrogen-bond donors (Lipinski definition) is 0. The normalized spacial score (nSPS) is 11.1. The Kier molecular flexibility index (Phi) is 6.34. The summed E-state index contributed by atoms with van der Waals surface area (Å²) in [6.45, 7) is 5.64. The maximum atomic E-state index is 11.0. The Labute approximate surface area is 77.8 Å². The van der Waals surface area contributed by atoms with Gasteiger partial charge in [-0.15, -0.1) is 0 Å². The second kappa shape index (κ2) is 7.17. The van der Waals surface area contributed by atoms with Crippen LogP contribution in [0.1, 0.15) is 13.3 Å². The predicted molar refractivity (Wildman–Crippen MR) is 46.5 cm³/mol. The van der Waals surface area contributed by atoms with Gasteiger partial charge in [-0.05, 0) is 6.92 Å². The molecule has 0 radical (unpaired) electrons. The van der Waals surface area contributed by atoms with Gasteiger partial charge in [0.05, 0.1) is 25.5 Å². The smallest absolute Gasteiger partial charge is 0.323 e. The van der Waals surface area contributed by atoms with Crippen LogP contribution < -0.4 is 0 Å². The van der Waals surface area contributed by atoms with Crippen LogP contribution in [-0.4, -0.2) is 19.2 Å². The van der Waals surface area contributed by atoms with Crippen LogP contribution in [0.2, 0.25) is 0 Å². The topological polar surface area (TPSA) is 59.3 Å². The van der Waals surface area contributed by atoms with E-state index in [0.29, 0.717) is 19.6 Å².